The molecule has 0 spiro atoms. The van der Waals surface area contributed by atoms with Crippen molar-refractivity contribution in [2.75, 3.05) is 5.32 Å². The number of ketones is 1. The Bertz CT molecular complexity index is 1330. The van der Waals surface area contributed by atoms with Crippen molar-refractivity contribution in [1.29, 1.82) is 0 Å². The molecule has 3 aromatic rings. The van der Waals surface area contributed by atoms with Crippen molar-refractivity contribution >= 4 is 11.6 Å². The Morgan fingerprint density at radius 3 is 2.53 bits per heavy atom. The van der Waals surface area contributed by atoms with Gasteiger partial charge < -0.3 is 5.32 Å². The molecule has 0 radical (unpaired) electrons. The topological polar surface area (TPSA) is 54.9 Å². The number of nitrogens with zero attached hydrogens (tertiary/aromatic N) is 2. The number of rotatable bonds is 2. The maximum Gasteiger partial charge on any atom is 0.162 e. The molecule has 1 aromatic carbocycles. The predicted octanol–water partition coefficient (Wildman–Crippen LogP) is 6.82. The molecule has 3 heterocycles. The second-order valence-corrected chi connectivity index (χ2v) is 11.7. The lowest BCUT2D eigenvalue weighted by molar-refractivity contribution is -0.118. The molecule has 174 valence electrons. The zero-order valence-electron chi connectivity index (χ0n) is 21.0. The van der Waals surface area contributed by atoms with Gasteiger partial charge in [-0.2, -0.15) is 0 Å². The average Bonchev–Trinajstić information content (AvgIpc) is 2.77. The van der Waals surface area contributed by atoms with Gasteiger partial charge in [-0.05, 0) is 64.6 Å². The van der Waals surface area contributed by atoms with E-state index in [1.807, 2.05) is 24.7 Å². The molecule has 2 aromatic heterocycles. The van der Waals surface area contributed by atoms with Gasteiger partial charge in [0.05, 0.1) is 5.41 Å². The second kappa shape index (κ2) is 7.63. The van der Waals surface area contributed by atoms with E-state index in [2.05, 4.69) is 93.2 Å². The fourth-order valence-electron chi connectivity index (χ4n) is 5.74. The molecule has 2 aliphatic rings. The highest BCUT2D eigenvalue weighted by Gasteiger charge is 2.47. The minimum atomic E-state index is -0.581. The fourth-order valence-corrected chi connectivity index (χ4v) is 5.74. The Hall–Kier alpha value is -3.27. The summed E-state index contributed by atoms with van der Waals surface area (Å²) in [5.74, 6) is 1.07. The van der Waals surface area contributed by atoms with Crippen LogP contribution in [0.3, 0.4) is 0 Å². The van der Waals surface area contributed by atoms with Gasteiger partial charge in [-0.15, -0.1) is 0 Å². The number of hydrogen-bond donors (Lipinski definition) is 1. The van der Waals surface area contributed by atoms with Crippen molar-refractivity contribution in [3.63, 3.8) is 0 Å². The number of fused-ring (bicyclic) bond motifs is 1. The summed E-state index contributed by atoms with van der Waals surface area (Å²) in [4.78, 5) is 22.7. The van der Waals surface area contributed by atoms with Crippen molar-refractivity contribution in [3.8, 4) is 11.1 Å². The van der Waals surface area contributed by atoms with E-state index >= 15 is 0 Å². The Morgan fingerprint density at radius 1 is 0.971 bits per heavy atom. The van der Waals surface area contributed by atoms with E-state index in [0.717, 1.165) is 40.2 Å². The third-order valence-electron chi connectivity index (χ3n) is 7.37. The first kappa shape index (κ1) is 22.5. The number of nitrogens with one attached hydrogen (secondary N) is 1. The molecule has 0 saturated carbocycles. The van der Waals surface area contributed by atoms with Crippen LogP contribution in [-0.2, 0) is 15.6 Å². The summed E-state index contributed by atoms with van der Waals surface area (Å²) in [5, 5.41) is 3.52. The molecule has 0 amide bonds. The number of benzene rings is 1. The standard InChI is InChI=1S/C30H33N3O/c1-28(2,3)23-18-31-14-12-21(23)19-9-7-10-20(15-19)30(6)22-11-8-13-32-27(22)33-24-16-29(4,5)17-25(34)26(24)30/h7-15,18H,16-17H2,1-6H3,(H,32,33)/t30-/m0/s1. The molecular formula is C30H33N3O. The minimum Gasteiger partial charge on any atom is -0.343 e. The zero-order chi connectivity index (χ0) is 24.3. The van der Waals surface area contributed by atoms with Crippen molar-refractivity contribution in [2.45, 2.75) is 65.2 Å². The molecule has 4 nitrogen and oxygen atoms in total. The number of aromatic nitrogens is 2. The van der Waals surface area contributed by atoms with Gasteiger partial charge in [0.15, 0.2) is 5.78 Å². The van der Waals surface area contributed by atoms with Crippen molar-refractivity contribution in [2.24, 2.45) is 5.41 Å². The number of anilines is 1. The Balaban J connectivity index is 1.74. The molecule has 1 aliphatic carbocycles. The second-order valence-electron chi connectivity index (χ2n) is 11.7. The van der Waals surface area contributed by atoms with Crippen molar-refractivity contribution < 1.29 is 4.79 Å². The van der Waals surface area contributed by atoms with Crippen LogP contribution in [0.25, 0.3) is 11.1 Å². The van der Waals surface area contributed by atoms with Gasteiger partial charge in [0.25, 0.3) is 0 Å². The highest BCUT2D eigenvalue weighted by Crippen LogP contribution is 2.52. The molecule has 1 aliphatic heterocycles. The molecule has 0 fully saturated rings. The van der Waals surface area contributed by atoms with Gasteiger partial charge in [-0.3, -0.25) is 9.78 Å². The normalized spacial score (nSPS) is 21.5. The highest BCUT2D eigenvalue weighted by molar-refractivity contribution is 6.02. The molecule has 5 rings (SSSR count). The van der Waals surface area contributed by atoms with Gasteiger partial charge in [0.1, 0.15) is 5.82 Å². The zero-order valence-corrected chi connectivity index (χ0v) is 21.0. The van der Waals surface area contributed by atoms with Crippen molar-refractivity contribution in [3.05, 3.63) is 89.0 Å². The quantitative estimate of drug-likeness (QED) is 0.465. The lowest BCUT2D eigenvalue weighted by atomic mass is 9.61. The van der Waals surface area contributed by atoms with Gasteiger partial charge >= 0.3 is 0 Å². The summed E-state index contributed by atoms with van der Waals surface area (Å²) in [6.45, 7) is 13.2. The van der Waals surface area contributed by atoms with Crippen molar-refractivity contribution in [1.82, 2.24) is 9.97 Å². The number of Topliss-reactive ketones (excluding diaryl/α,β-unsaturated/α-hetero) is 1. The molecule has 0 unspecified atom stereocenters. The maximum atomic E-state index is 13.7. The monoisotopic (exact) mass is 451 g/mol. The van der Waals surface area contributed by atoms with E-state index in [0.29, 0.717) is 6.42 Å². The largest absolute Gasteiger partial charge is 0.343 e. The lowest BCUT2D eigenvalue weighted by Gasteiger charge is -2.44. The summed E-state index contributed by atoms with van der Waals surface area (Å²) < 4.78 is 0. The molecule has 0 saturated heterocycles. The van der Waals surface area contributed by atoms with Crippen LogP contribution >= 0.6 is 0 Å². The minimum absolute atomic E-state index is 0.0323. The van der Waals surface area contributed by atoms with E-state index in [4.69, 9.17) is 0 Å². The average molecular weight is 452 g/mol. The van der Waals surface area contributed by atoms with Gasteiger partial charge in [0, 0.05) is 41.8 Å². The number of hydrogen-bond acceptors (Lipinski definition) is 4. The van der Waals surface area contributed by atoms with Crippen LogP contribution in [-0.4, -0.2) is 15.8 Å². The lowest BCUT2D eigenvalue weighted by Crippen LogP contribution is -2.42. The molecule has 1 N–H and O–H groups in total. The molecule has 0 bridgehead atoms. The Labute approximate surface area is 202 Å². The molecule has 1 atom stereocenters. The predicted molar refractivity (Wildman–Crippen MR) is 138 cm³/mol. The maximum absolute atomic E-state index is 13.7. The van der Waals surface area contributed by atoms with Crippen LogP contribution < -0.4 is 5.32 Å². The summed E-state index contributed by atoms with van der Waals surface area (Å²) in [6.07, 6.45) is 7.03. The van der Waals surface area contributed by atoms with Crippen LogP contribution in [0.4, 0.5) is 5.82 Å². The smallest absolute Gasteiger partial charge is 0.162 e. The van der Waals surface area contributed by atoms with E-state index in [-0.39, 0.29) is 16.6 Å². The van der Waals surface area contributed by atoms with Crippen LogP contribution in [0.5, 0.6) is 0 Å². The van der Waals surface area contributed by atoms with Crippen LogP contribution in [0.2, 0.25) is 0 Å². The first-order chi connectivity index (χ1) is 16.0. The Morgan fingerprint density at radius 2 is 1.76 bits per heavy atom. The number of pyridine rings is 2. The van der Waals surface area contributed by atoms with Gasteiger partial charge in [-0.25, -0.2) is 4.98 Å². The van der Waals surface area contributed by atoms with E-state index in [1.54, 1.807) is 0 Å². The number of carbonyl (C=O) groups is 1. The Kier molecular flexibility index (Phi) is 5.05. The third kappa shape index (κ3) is 3.56. The fraction of sp³-hybridized carbons (Fsp3) is 0.367. The molecule has 34 heavy (non-hydrogen) atoms. The SMILES string of the molecule is CC1(C)CC(=O)C2=C(C1)Nc1ncccc1[C@]2(C)c1cccc(-c2ccncc2C(C)(C)C)c1. The first-order valence-electron chi connectivity index (χ1n) is 12.1. The first-order valence-corrected chi connectivity index (χ1v) is 12.1. The molecule has 4 heteroatoms. The summed E-state index contributed by atoms with van der Waals surface area (Å²) in [6, 6.07) is 14.8. The molecular weight excluding hydrogens is 418 g/mol. The highest BCUT2D eigenvalue weighted by atomic mass is 16.1. The van der Waals surface area contributed by atoms with Crippen LogP contribution in [0.15, 0.2) is 72.3 Å². The third-order valence-corrected chi connectivity index (χ3v) is 7.37. The van der Waals surface area contributed by atoms with E-state index in [9.17, 15) is 4.79 Å². The summed E-state index contributed by atoms with van der Waals surface area (Å²) in [5.41, 5.74) is 6.89. The number of allylic oxidation sites excluding steroid dienone is 2. The number of carbonyl (C=O) groups excluding carboxylic acids is 1. The van der Waals surface area contributed by atoms with Crippen LogP contribution in [0.1, 0.15) is 71.1 Å². The van der Waals surface area contributed by atoms with Gasteiger partial charge in [0.2, 0.25) is 0 Å². The van der Waals surface area contributed by atoms with Gasteiger partial charge in [-0.1, -0.05) is 58.9 Å². The van der Waals surface area contributed by atoms with Crippen LogP contribution in [0, 0.1) is 5.41 Å². The summed E-state index contributed by atoms with van der Waals surface area (Å²) >= 11 is 0. The van der Waals surface area contributed by atoms with E-state index < -0.39 is 5.41 Å². The summed E-state index contributed by atoms with van der Waals surface area (Å²) in [7, 11) is 0. The van der Waals surface area contributed by atoms with E-state index in [1.165, 1.54) is 11.1 Å².